The molecule has 3 nitrogen and oxygen atoms in total. The van der Waals surface area contributed by atoms with Gasteiger partial charge in [-0.05, 0) is 47.5 Å². The standard InChI is InChI=1S/C25H17BrFN3S/c26-19-9-11-21(12-10-19)30-14-22(18-6-2-1-3-7-18)23-24(30)28-16-29-25(23)31-15-17-5-4-8-20(27)13-17/h1-14,16H,15H2. The maximum Gasteiger partial charge on any atom is 0.149 e. The number of thioether (sulfide) groups is 1. The Labute approximate surface area is 192 Å². The second-order valence-electron chi connectivity index (χ2n) is 7.05. The number of hydrogen-bond donors (Lipinski definition) is 0. The highest BCUT2D eigenvalue weighted by Crippen LogP contribution is 2.37. The van der Waals surface area contributed by atoms with Crippen molar-refractivity contribution in [3.8, 4) is 16.8 Å². The van der Waals surface area contributed by atoms with Crippen LogP contribution in [0.1, 0.15) is 5.56 Å². The van der Waals surface area contributed by atoms with Gasteiger partial charge in [0.05, 0.1) is 5.39 Å². The summed E-state index contributed by atoms with van der Waals surface area (Å²) in [4.78, 5) is 9.21. The van der Waals surface area contributed by atoms with Gasteiger partial charge in [-0.3, -0.25) is 0 Å². The molecule has 0 N–H and O–H groups in total. The number of benzene rings is 3. The summed E-state index contributed by atoms with van der Waals surface area (Å²) >= 11 is 5.10. The van der Waals surface area contributed by atoms with E-state index in [1.165, 1.54) is 6.07 Å². The van der Waals surface area contributed by atoms with Gasteiger partial charge in [-0.25, -0.2) is 14.4 Å². The van der Waals surface area contributed by atoms with Gasteiger partial charge in [0.2, 0.25) is 0 Å². The van der Waals surface area contributed by atoms with Crippen molar-refractivity contribution in [1.82, 2.24) is 14.5 Å². The van der Waals surface area contributed by atoms with Crippen LogP contribution in [0.2, 0.25) is 0 Å². The highest BCUT2D eigenvalue weighted by Gasteiger charge is 2.17. The average Bonchev–Trinajstić information content (AvgIpc) is 3.19. The summed E-state index contributed by atoms with van der Waals surface area (Å²) in [6.07, 6.45) is 3.71. The molecule has 0 aliphatic carbocycles. The maximum atomic E-state index is 13.6. The van der Waals surface area contributed by atoms with E-state index >= 15 is 0 Å². The third-order valence-electron chi connectivity index (χ3n) is 5.00. The normalized spacial score (nSPS) is 11.2. The van der Waals surface area contributed by atoms with Crippen LogP contribution in [0.5, 0.6) is 0 Å². The lowest BCUT2D eigenvalue weighted by Crippen LogP contribution is -1.95. The van der Waals surface area contributed by atoms with Crippen LogP contribution in [0.4, 0.5) is 4.39 Å². The summed E-state index contributed by atoms with van der Waals surface area (Å²) in [5.74, 6) is 0.402. The fourth-order valence-corrected chi connectivity index (χ4v) is 4.77. The number of halogens is 2. The van der Waals surface area contributed by atoms with Gasteiger partial charge in [0.15, 0.2) is 0 Å². The predicted molar refractivity (Wildman–Crippen MR) is 128 cm³/mol. The molecular weight excluding hydrogens is 473 g/mol. The first-order chi connectivity index (χ1) is 15.2. The van der Waals surface area contributed by atoms with Crippen molar-refractivity contribution in [2.45, 2.75) is 10.8 Å². The summed E-state index contributed by atoms with van der Waals surface area (Å²) in [5, 5.41) is 1.88. The monoisotopic (exact) mass is 489 g/mol. The molecule has 0 fully saturated rings. The van der Waals surface area contributed by atoms with Crippen molar-refractivity contribution in [2.24, 2.45) is 0 Å². The van der Waals surface area contributed by atoms with Crippen molar-refractivity contribution < 1.29 is 4.39 Å². The predicted octanol–water partition coefficient (Wildman–Crippen LogP) is 7.28. The van der Waals surface area contributed by atoms with Crippen LogP contribution >= 0.6 is 27.7 Å². The highest BCUT2D eigenvalue weighted by molar-refractivity contribution is 9.10. The van der Waals surface area contributed by atoms with Crippen LogP contribution in [-0.2, 0) is 5.75 Å². The Balaban J connectivity index is 1.65. The molecule has 152 valence electrons. The van der Waals surface area contributed by atoms with Gasteiger partial charge in [-0.1, -0.05) is 58.4 Å². The van der Waals surface area contributed by atoms with Gasteiger partial charge in [-0.15, -0.1) is 11.8 Å². The lowest BCUT2D eigenvalue weighted by Gasteiger charge is -2.07. The SMILES string of the molecule is Fc1cccc(CSc2ncnc3c2c(-c2ccccc2)cn3-c2ccc(Br)cc2)c1. The highest BCUT2D eigenvalue weighted by atomic mass is 79.9. The molecule has 0 amide bonds. The van der Waals surface area contributed by atoms with E-state index in [4.69, 9.17) is 0 Å². The fourth-order valence-electron chi connectivity index (χ4n) is 3.56. The van der Waals surface area contributed by atoms with E-state index in [-0.39, 0.29) is 5.82 Å². The molecule has 0 spiro atoms. The zero-order valence-electron chi connectivity index (χ0n) is 16.4. The molecule has 0 radical (unpaired) electrons. The van der Waals surface area contributed by atoms with Crippen molar-refractivity contribution >= 4 is 38.7 Å². The molecule has 0 bridgehead atoms. The zero-order valence-corrected chi connectivity index (χ0v) is 18.8. The summed E-state index contributed by atoms with van der Waals surface area (Å²) in [7, 11) is 0. The van der Waals surface area contributed by atoms with Gasteiger partial charge in [0.25, 0.3) is 0 Å². The molecule has 3 aromatic carbocycles. The van der Waals surface area contributed by atoms with Crippen molar-refractivity contribution in [1.29, 1.82) is 0 Å². The Morgan fingerprint density at radius 2 is 1.71 bits per heavy atom. The minimum atomic E-state index is -0.225. The van der Waals surface area contributed by atoms with Crippen molar-refractivity contribution in [3.63, 3.8) is 0 Å². The Hall–Kier alpha value is -2.96. The van der Waals surface area contributed by atoms with Gasteiger partial charge in [0.1, 0.15) is 22.8 Å². The van der Waals surface area contributed by atoms with Crippen LogP contribution in [0, 0.1) is 5.82 Å². The van der Waals surface area contributed by atoms with Crippen molar-refractivity contribution in [3.05, 3.63) is 107 Å². The molecular formula is C25H17BrFN3S. The van der Waals surface area contributed by atoms with E-state index in [1.54, 1.807) is 30.2 Å². The molecule has 0 aliphatic heterocycles. The number of nitrogens with zero attached hydrogens (tertiary/aromatic N) is 3. The maximum absolute atomic E-state index is 13.6. The third kappa shape index (κ3) is 4.13. The Morgan fingerprint density at radius 1 is 0.903 bits per heavy atom. The van der Waals surface area contributed by atoms with Crippen LogP contribution in [0.3, 0.4) is 0 Å². The molecule has 31 heavy (non-hydrogen) atoms. The van der Waals surface area contributed by atoms with Crippen LogP contribution < -0.4 is 0 Å². The minimum Gasteiger partial charge on any atom is -0.301 e. The van der Waals surface area contributed by atoms with Gasteiger partial charge < -0.3 is 4.57 Å². The van der Waals surface area contributed by atoms with Gasteiger partial charge >= 0.3 is 0 Å². The topological polar surface area (TPSA) is 30.7 Å². The van der Waals surface area contributed by atoms with Gasteiger partial charge in [-0.2, -0.15) is 0 Å². The zero-order chi connectivity index (χ0) is 21.2. The number of hydrogen-bond acceptors (Lipinski definition) is 3. The molecule has 0 saturated carbocycles. The Bertz CT molecular complexity index is 1350. The molecule has 5 rings (SSSR count). The number of rotatable bonds is 5. The first kappa shape index (κ1) is 20.0. The molecule has 6 heteroatoms. The van der Waals surface area contributed by atoms with Crippen LogP contribution in [-0.4, -0.2) is 14.5 Å². The molecule has 0 aliphatic rings. The molecule has 0 saturated heterocycles. The largest absolute Gasteiger partial charge is 0.301 e. The summed E-state index contributed by atoms with van der Waals surface area (Å²) in [5.41, 5.74) is 4.96. The van der Waals surface area contributed by atoms with E-state index in [0.717, 1.165) is 42.9 Å². The Morgan fingerprint density at radius 3 is 2.48 bits per heavy atom. The molecule has 2 aromatic heterocycles. The molecule has 0 atom stereocenters. The van der Waals surface area contributed by atoms with E-state index < -0.39 is 0 Å². The van der Waals surface area contributed by atoms with Crippen LogP contribution in [0.15, 0.2) is 101 Å². The lowest BCUT2D eigenvalue weighted by atomic mass is 10.1. The lowest BCUT2D eigenvalue weighted by molar-refractivity contribution is 0.626. The number of aromatic nitrogens is 3. The Kier molecular flexibility index (Phi) is 5.57. The van der Waals surface area contributed by atoms with E-state index in [1.807, 2.05) is 36.4 Å². The van der Waals surface area contributed by atoms with E-state index in [0.29, 0.717) is 5.75 Å². The summed E-state index contributed by atoms with van der Waals surface area (Å²) < 4.78 is 16.7. The summed E-state index contributed by atoms with van der Waals surface area (Å²) in [6.45, 7) is 0. The van der Waals surface area contributed by atoms with Crippen molar-refractivity contribution in [2.75, 3.05) is 0 Å². The first-order valence-corrected chi connectivity index (χ1v) is 11.5. The smallest absolute Gasteiger partial charge is 0.149 e. The van der Waals surface area contributed by atoms with E-state index in [9.17, 15) is 4.39 Å². The van der Waals surface area contributed by atoms with E-state index in [2.05, 4.69) is 60.9 Å². The average molecular weight is 490 g/mol. The molecule has 5 aromatic rings. The van der Waals surface area contributed by atoms with Crippen LogP contribution in [0.25, 0.3) is 27.8 Å². The second-order valence-corrected chi connectivity index (χ2v) is 8.93. The quantitative estimate of drug-likeness (QED) is 0.192. The third-order valence-corrected chi connectivity index (χ3v) is 6.59. The number of fused-ring (bicyclic) bond motifs is 1. The first-order valence-electron chi connectivity index (χ1n) is 9.74. The fraction of sp³-hybridized carbons (Fsp3) is 0.0400. The summed E-state index contributed by atoms with van der Waals surface area (Å²) in [6, 6.07) is 25.1. The minimum absolute atomic E-state index is 0.225. The molecule has 2 heterocycles. The molecule has 0 unspecified atom stereocenters. The van der Waals surface area contributed by atoms with Gasteiger partial charge in [0, 0.05) is 27.7 Å². The second kappa shape index (κ2) is 8.65.